The molecule has 2 aromatic carbocycles. The number of rotatable bonds is 8. The van der Waals surface area contributed by atoms with Crippen LogP contribution in [0.3, 0.4) is 0 Å². The van der Waals surface area contributed by atoms with Crippen molar-refractivity contribution in [3.8, 4) is 6.07 Å². The van der Waals surface area contributed by atoms with Crippen LogP contribution in [0.4, 0.5) is 16.0 Å². The second-order valence-corrected chi connectivity index (χ2v) is 11.5. The van der Waals surface area contributed by atoms with E-state index in [1.165, 1.54) is 22.7 Å². The van der Waals surface area contributed by atoms with Gasteiger partial charge in [0.05, 0.1) is 31.0 Å². The highest BCUT2D eigenvalue weighted by Gasteiger charge is 2.29. The molecule has 2 N–H and O–H groups in total. The molecule has 1 aliphatic rings. The summed E-state index contributed by atoms with van der Waals surface area (Å²) in [5.41, 5.74) is 2.74. The average molecular weight is 569 g/mol. The maximum atomic E-state index is 12.5. The first kappa shape index (κ1) is 27.1. The number of benzene rings is 2. The van der Waals surface area contributed by atoms with Crippen molar-refractivity contribution in [2.75, 3.05) is 10.6 Å². The van der Waals surface area contributed by atoms with Crippen molar-refractivity contribution in [3.63, 3.8) is 0 Å². The van der Waals surface area contributed by atoms with Crippen LogP contribution in [0.25, 0.3) is 4.85 Å². The van der Waals surface area contributed by atoms with Crippen molar-refractivity contribution >= 4 is 50.4 Å². The molecule has 0 aliphatic heterocycles. The number of hydrogen-bond donors (Lipinski definition) is 2. The Balaban J connectivity index is 1.14. The lowest BCUT2D eigenvalue weighted by molar-refractivity contribution is -0.116. The molecule has 0 radical (unpaired) electrons. The minimum absolute atomic E-state index is 0.178. The molecule has 1 fully saturated rings. The predicted octanol–water partition coefficient (Wildman–Crippen LogP) is 5.62. The first-order chi connectivity index (χ1) is 19.5. The third kappa shape index (κ3) is 6.91. The zero-order valence-electron chi connectivity index (χ0n) is 21.3. The Morgan fingerprint density at radius 2 is 1.35 bits per heavy atom. The molecular weight excluding hydrogens is 544 g/mol. The van der Waals surface area contributed by atoms with Gasteiger partial charge in [0.25, 0.3) is 0 Å². The molecule has 5 rings (SSSR count). The minimum Gasteiger partial charge on any atom is -0.300 e. The summed E-state index contributed by atoms with van der Waals surface area (Å²) in [6.45, 7) is 7.03. The molecule has 2 amide bonds. The summed E-state index contributed by atoms with van der Waals surface area (Å²) < 4.78 is 0. The summed E-state index contributed by atoms with van der Waals surface area (Å²) in [6, 6.07) is 15.9. The van der Waals surface area contributed by atoms with E-state index in [1.54, 1.807) is 48.5 Å². The molecule has 0 saturated heterocycles. The summed E-state index contributed by atoms with van der Waals surface area (Å²) in [5.74, 6) is 0.0577. The van der Waals surface area contributed by atoms with Crippen molar-refractivity contribution < 1.29 is 9.59 Å². The van der Waals surface area contributed by atoms with E-state index >= 15 is 0 Å². The first-order valence-corrected chi connectivity index (χ1v) is 14.3. The quantitative estimate of drug-likeness (QED) is 0.263. The van der Waals surface area contributed by atoms with E-state index in [-0.39, 0.29) is 36.5 Å². The number of carbonyl (C=O) groups excluding carboxylic acids is 2. The molecule has 0 spiro atoms. The van der Waals surface area contributed by atoms with Gasteiger partial charge in [-0.25, -0.2) is 4.85 Å². The predicted molar refractivity (Wildman–Crippen MR) is 152 cm³/mol. The Morgan fingerprint density at radius 1 is 0.850 bits per heavy atom. The lowest BCUT2D eigenvalue weighted by atomic mass is 9.82. The molecule has 4 aromatic rings. The van der Waals surface area contributed by atoms with Crippen molar-refractivity contribution in [2.24, 2.45) is 0 Å². The Hall–Kier alpha value is -4.52. The summed E-state index contributed by atoms with van der Waals surface area (Å²) in [6.07, 6.45) is 4.22. The average Bonchev–Trinajstić information content (AvgIpc) is 3.64. The molecule has 10 nitrogen and oxygen atoms in total. The molecule has 0 bridgehead atoms. The van der Waals surface area contributed by atoms with Gasteiger partial charge in [-0.1, -0.05) is 65.5 Å². The van der Waals surface area contributed by atoms with Crippen molar-refractivity contribution in [1.29, 1.82) is 5.26 Å². The monoisotopic (exact) mass is 568 g/mol. The highest BCUT2D eigenvalue weighted by Crippen LogP contribution is 2.43. The second kappa shape index (κ2) is 12.6. The van der Waals surface area contributed by atoms with Crippen LogP contribution in [0, 0.1) is 17.9 Å². The third-order valence-electron chi connectivity index (χ3n) is 6.62. The van der Waals surface area contributed by atoms with E-state index in [0.717, 1.165) is 46.8 Å². The van der Waals surface area contributed by atoms with Crippen molar-refractivity contribution in [3.05, 3.63) is 86.7 Å². The molecule has 2 atom stereocenters. The number of nitriles is 1. The van der Waals surface area contributed by atoms with E-state index in [1.807, 2.05) is 0 Å². The van der Waals surface area contributed by atoms with Crippen molar-refractivity contribution in [1.82, 2.24) is 20.4 Å². The normalized spacial score (nSPS) is 16.4. The van der Waals surface area contributed by atoms with Crippen LogP contribution in [-0.2, 0) is 22.4 Å². The van der Waals surface area contributed by atoms with Gasteiger partial charge in [-0.05, 0) is 42.5 Å². The molecular formula is C28H24N8O2S2. The topological polar surface area (TPSA) is 138 Å². The Bertz CT molecular complexity index is 1460. The van der Waals surface area contributed by atoms with Crippen LogP contribution >= 0.6 is 22.7 Å². The number of amides is 2. The van der Waals surface area contributed by atoms with Crippen LogP contribution in [-0.4, -0.2) is 32.2 Å². The van der Waals surface area contributed by atoms with E-state index in [4.69, 9.17) is 11.8 Å². The molecule has 200 valence electrons. The highest BCUT2D eigenvalue weighted by molar-refractivity contribution is 7.15. The zero-order valence-corrected chi connectivity index (χ0v) is 23.0. The summed E-state index contributed by atoms with van der Waals surface area (Å²) in [5, 5.41) is 34.4. The largest absolute Gasteiger partial charge is 0.300 e. The summed E-state index contributed by atoms with van der Waals surface area (Å²) in [7, 11) is 0. The van der Waals surface area contributed by atoms with Gasteiger partial charge < -0.3 is 10.6 Å². The molecule has 0 unspecified atom stereocenters. The van der Waals surface area contributed by atoms with Gasteiger partial charge in [-0.3, -0.25) is 9.59 Å². The van der Waals surface area contributed by atoms with Crippen LogP contribution in [0.1, 0.15) is 64.2 Å². The van der Waals surface area contributed by atoms with Gasteiger partial charge in [0.15, 0.2) is 5.69 Å². The highest BCUT2D eigenvalue weighted by atomic mass is 32.1. The molecule has 40 heavy (non-hydrogen) atoms. The van der Waals surface area contributed by atoms with Crippen LogP contribution < -0.4 is 10.6 Å². The second-order valence-electron chi connectivity index (χ2n) is 9.49. The van der Waals surface area contributed by atoms with Crippen molar-refractivity contribution in [2.45, 2.75) is 50.4 Å². The van der Waals surface area contributed by atoms with E-state index in [0.29, 0.717) is 21.5 Å². The van der Waals surface area contributed by atoms with Gasteiger partial charge in [0.1, 0.15) is 10.0 Å². The third-order valence-corrected chi connectivity index (χ3v) is 8.63. The first-order valence-electron chi connectivity index (χ1n) is 12.7. The summed E-state index contributed by atoms with van der Waals surface area (Å²) >= 11 is 2.79. The molecule has 12 heteroatoms. The number of nitrogens with zero attached hydrogens (tertiary/aromatic N) is 6. The number of nitrogens with one attached hydrogen (secondary N) is 2. The van der Waals surface area contributed by atoms with E-state index in [2.05, 4.69) is 41.9 Å². The lowest BCUT2D eigenvalue weighted by Gasteiger charge is -2.25. The van der Waals surface area contributed by atoms with E-state index in [9.17, 15) is 9.59 Å². The maximum Gasteiger partial charge on any atom is 0.230 e. The maximum absolute atomic E-state index is 12.5. The molecule has 1 saturated carbocycles. The lowest BCUT2D eigenvalue weighted by Crippen LogP contribution is -2.14. The Kier molecular flexibility index (Phi) is 8.50. The molecule has 2 aromatic heterocycles. The van der Waals surface area contributed by atoms with Gasteiger partial charge >= 0.3 is 0 Å². The fraction of sp³-hybridized carbons (Fsp3) is 0.286. The van der Waals surface area contributed by atoms with E-state index < -0.39 is 0 Å². The number of aromatic nitrogens is 4. The summed E-state index contributed by atoms with van der Waals surface area (Å²) in [4.78, 5) is 28.3. The van der Waals surface area contributed by atoms with Crippen LogP contribution in [0.15, 0.2) is 48.5 Å². The fourth-order valence-corrected chi connectivity index (χ4v) is 6.44. The zero-order chi connectivity index (χ0) is 27.9. The number of carbonyl (C=O) groups is 2. The van der Waals surface area contributed by atoms with Crippen LogP contribution in [0.2, 0.25) is 0 Å². The molecule has 2 heterocycles. The van der Waals surface area contributed by atoms with Crippen LogP contribution in [0.5, 0.6) is 0 Å². The Morgan fingerprint density at radius 3 is 1.82 bits per heavy atom. The van der Waals surface area contributed by atoms with Gasteiger partial charge in [-0.2, -0.15) is 5.26 Å². The Labute approximate surface area is 238 Å². The van der Waals surface area contributed by atoms with Gasteiger partial charge in [0, 0.05) is 11.8 Å². The van der Waals surface area contributed by atoms with Gasteiger partial charge in [-0.15, -0.1) is 20.4 Å². The van der Waals surface area contributed by atoms with Gasteiger partial charge in [0.2, 0.25) is 22.1 Å². The smallest absolute Gasteiger partial charge is 0.230 e. The SMILES string of the molecule is [C-]#[N+]c1ccc(CC(=O)Nc2nnc([C@@H]3CCC[C@@H](c4nnc(NC(=O)Cc5ccc(C#N)cc5)s4)C3)s2)cc1. The standard InChI is InChI=1S/C28H24N8O2S2/c1-30-22-11-9-18(10-12-22)14-24(38)32-28-36-34-26(40-28)21-4-2-3-20(15-21)25-33-35-27(39-25)31-23(37)13-17-5-7-19(16-29)8-6-17/h5-12,20-21H,2-4,13-15H2,(H,31,35,37)(H,32,36,38)/t20-,21-/m1/s1. The number of anilines is 2. The fourth-order valence-electron chi connectivity index (χ4n) is 4.62. The minimum atomic E-state index is -0.183. The number of hydrogen-bond acceptors (Lipinski definition) is 9. The molecule has 1 aliphatic carbocycles.